The highest BCUT2D eigenvalue weighted by molar-refractivity contribution is 6.30. The lowest BCUT2D eigenvalue weighted by molar-refractivity contribution is 0.0660. The van der Waals surface area contributed by atoms with Crippen LogP contribution in [0.2, 0.25) is 5.02 Å². The van der Waals surface area contributed by atoms with E-state index in [1.165, 1.54) is 13.2 Å². The minimum Gasteiger partial charge on any atom is -0.496 e. The van der Waals surface area contributed by atoms with Crippen LogP contribution in [0.5, 0.6) is 5.75 Å². The number of nitriles is 1. The SMILES string of the molecule is COc1ccc(Cl)cc1C(C#N)Cc1ccc(C(=O)O)o1. The van der Waals surface area contributed by atoms with Crippen molar-refractivity contribution in [1.82, 2.24) is 0 Å². The molecule has 1 aromatic heterocycles. The average Bonchev–Trinajstić information content (AvgIpc) is 2.93. The second-order valence-corrected chi connectivity index (χ2v) is 4.78. The van der Waals surface area contributed by atoms with Crippen LogP contribution in [-0.4, -0.2) is 18.2 Å². The number of nitrogens with zero attached hydrogens (tertiary/aromatic N) is 1. The van der Waals surface area contributed by atoms with Gasteiger partial charge in [0.15, 0.2) is 0 Å². The molecule has 0 bridgehead atoms. The van der Waals surface area contributed by atoms with Crippen molar-refractivity contribution in [1.29, 1.82) is 5.26 Å². The number of benzene rings is 1. The molecule has 21 heavy (non-hydrogen) atoms. The van der Waals surface area contributed by atoms with Gasteiger partial charge in [-0.25, -0.2) is 4.79 Å². The van der Waals surface area contributed by atoms with Crippen molar-refractivity contribution in [3.8, 4) is 11.8 Å². The Balaban J connectivity index is 2.29. The topological polar surface area (TPSA) is 83.5 Å². The molecule has 0 fully saturated rings. The predicted molar refractivity (Wildman–Crippen MR) is 75.7 cm³/mol. The first-order valence-corrected chi connectivity index (χ1v) is 6.48. The number of aromatic carboxylic acids is 1. The molecule has 1 unspecified atom stereocenters. The Labute approximate surface area is 126 Å². The summed E-state index contributed by atoms with van der Waals surface area (Å²) in [6.45, 7) is 0. The van der Waals surface area contributed by atoms with Crippen molar-refractivity contribution in [2.75, 3.05) is 7.11 Å². The summed E-state index contributed by atoms with van der Waals surface area (Å²) in [4.78, 5) is 10.8. The summed E-state index contributed by atoms with van der Waals surface area (Å²) in [5.41, 5.74) is 0.640. The monoisotopic (exact) mass is 305 g/mol. The van der Waals surface area contributed by atoms with Crippen LogP contribution in [0.4, 0.5) is 0 Å². The smallest absolute Gasteiger partial charge is 0.371 e. The number of rotatable bonds is 5. The zero-order valence-electron chi connectivity index (χ0n) is 11.2. The zero-order valence-corrected chi connectivity index (χ0v) is 11.9. The molecular formula is C15H12ClNO4. The summed E-state index contributed by atoms with van der Waals surface area (Å²) < 4.78 is 10.4. The molecule has 5 nitrogen and oxygen atoms in total. The molecule has 1 N–H and O–H groups in total. The van der Waals surface area contributed by atoms with E-state index in [-0.39, 0.29) is 12.2 Å². The van der Waals surface area contributed by atoms with Gasteiger partial charge in [0, 0.05) is 17.0 Å². The first-order chi connectivity index (χ1) is 10.0. The lowest BCUT2D eigenvalue weighted by Gasteiger charge is -2.13. The lowest BCUT2D eigenvalue weighted by atomic mass is 9.95. The second kappa shape index (κ2) is 6.33. The largest absolute Gasteiger partial charge is 0.496 e. The molecule has 2 aromatic rings. The molecule has 0 aliphatic carbocycles. The maximum absolute atomic E-state index is 10.8. The molecule has 0 aliphatic rings. The zero-order chi connectivity index (χ0) is 15.4. The maximum Gasteiger partial charge on any atom is 0.371 e. The van der Waals surface area contributed by atoms with Gasteiger partial charge < -0.3 is 14.3 Å². The van der Waals surface area contributed by atoms with Gasteiger partial charge in [-0.05, 0) is 30.3 Å². The average molecular weight is 306 g/mol. The van der Waals surface area contributed by atoms with E-state index < -0.39 is 11.9 Å². The first kappa shape index (κ1) is 14.9. The van der Waals surface area contributed by atoms with E-state index in [9.17, 15) is 10.1 Å². The normalized spacial score (nSPS) is 11.7. The number of carboxylic acid groups (broad SMARTS) is 1. The third-order valence-corrected chi connectivity index (χ3v) is 3.24. The van der Waals surface area contributed by atoms with Crippen molar-refractivity contribution in [3.63, 3.8) is 0 Å². The van der Waals surface area contributed by atoms with E-state index >= 15 is 0 Å². The highest BCUT2D eigenvalue weighted by Crippen LogP contribution is 2.31. The molecular weight excluding hydrogens is 294 g/mol. The standard InChI is InChI=1S/C15H12ClNO4/c1-20-13-4-2-10(16)7-12(13)9(8-17)6-11-3-5-14(21-11)15(18)19/h2-5,7,9H,6H2,1H3,(H,18,19). The van der Waals surface area contributed by atoms with Gasteiger partial charge in [0.1, 0.15) is 11.5 Å². The number of ether oxygens (including phenoxy) is 1. The summed E-state index contributed by atoms with van der Waals surface area (Å²) in [7, 11) is 1.51. The van der Waals surface area contributed by atoms with Crippen LogP contribution in [0.3, 0.4) is 0 Å². The van der Waals surface area contributed by atoms with Crippen molar-refractivity contribution in [3.05, 3.63) is 52.4 Å². The summed E-state index contributed by atoms with van der Waals surface area (Å²) in [6, 6.07) is 10.1. The quantitative estimate of drug-likeness (QED) is 0.914. The highest BCUT2D eigenvalue weighted by Gasteiger charge is 2.19. The molecule has 0 spiro atoms. The summed E-state index contributed by atoms with van der Waals surface area (Å²) in [5.74, 6) is -0.877. The Morgan fingerprint density at radius 1 is 1.48 bits per heavy atom. The highest BCUT2D eigenvalue weighted by atomic mass is 35.5. The molecule has 1 atom stereocenters. The van der Waals surface area contributed by atoms with E-state index in [4.69, 9.17) is 25.9 Å². The molecule has 0 amide bonds. The van der Waals surface area contributed by atoms with Crippen LogP contribution in [0, 0.1) is 11.3 Å². The minimum absolute atomic E-state index is 0.153. The molecule has 1 aromatic carbocycles. The lowest BCUT2D eigenvalue weighted by Crippen LogP contribution is -2.03. The number of halogens is 1. The van der Waals surface area contributed by atoms with E-state index in [1.807, 2.05) is 0 Å². The van der Waals surface area contributed by atoms with E-state index in [0.29, 0.717) is 22.1 Å². The maximum atomic E-state index is 10.8. The fraction of sp³-hybridized carbons (Fsp3) is 0.200. The Morgan fingerprint density at radius 2 is 2.24 bits per heavy atom. The van der Waals surface area contributed by atoms with Crippen LogP contribution < -0.4 is 4.74 Å². The minimum atomic E-state index is -1.14. The Kier molecular flexibility index (Phi) is 4.51. The molecule has 6 heteroatoms. The van der Waals surface area contributed by atoms with Crippen LogP contribution >= 0.6 is 11.6 Å². The third-order valence-electron chi connectivity index (χ3n) is 3.00. The van der Waals surface area contributed by atoms with Gasteiger partial charge in [0.2, 0.25) is 5.76 Å². The van der Waals surface area contributed by atoms with Gasteiger partial charge in [0.25, 0.3) is 0 Å². The molecule has 0 aliphatic heterocycles. The molecule has 2 rings (SSSR count). The number of hydrogen-bond acceptors (Lipinski definition) is 4. The van der Waals surface area contributed by atoms with Crippen LogP contribution in [0.1, 0.15) is 27.8 Å². The number of carbonyl (C=O) groups is 1. The molecule has 0 radical (unpaired) electrons. The van der Waals surface area contributed by atoms with E-state index in [1.54, 1.807) is 24.3 Å². The molecule has 1 heterocycles. The van der Waals surface area contributed by atoms with E-state index in [2.05, 4.69) is 6.07 Å². The third kappa shape index (κ3) is 3.36. The second-order valence-electron chi connectivity index (χ2n) is 4.34. The summed E-state index contributed by atoms with van der Waals surface area (Å²) in [6.07, 6.45) is 0.237. The predicted octanol–water partition coefficient (Wildman–Crippen LogP) is 3.49. The molecule has 108 valence electrons. The number of carboxylic acids is 1. The Hall–Kier alpha value is -2.45. The van der Waals surface area contributed by atoms with Gasteiger partial charge in [-0.15, -0.1) is 0 Å². The van der Waals surface area contributed by atoms with Crippen molar-refractivity contribution in [2.24, 2.45) is 0 Å². The first-order valence-electron chi connectivity index (χ1n) is 6.10. The van der Waals surface area contributed by atoms with Gasteiger partial charge >= 0.3 is 5.97 Å². The van der Waals surface area contributed by atoms with E-state index in [0.717, 1.165) is 0 Å². The van der Waals surface area contributed by atoms with Gasteiger partial charge in [-0.3, -0.25) is 0 Å². The fourth-order valence-electron chi connectivity index (χ4n) is 2.01. The Bertz CT molecular complexity index is 702. The number of methoxy groups -OCH3 is 1. The van der Waals surface area contributed by atoms with Gasteiger partial charge in [-0.1, -0.05) is 11.6 Å². The summed E-state index contributed by atoms with van der Waals surface area (Å²) >= 11 is 5.96. The summed E-state index contributed by atoms with van der Waals surface area (Å²) in [5, 5.41) is 18.7. The molecule has 0 saturated heterocycles. The number of furan rings is 1. The van der Waals surface area contributed by atoms with Crippen molar-refractivity contribution in [2.45, 2.75) is 12.3 Å². The van der Waals surface area contributed by atoms with Crippen LogP contribution in [0.25, 0.3) is 0 Å². The fourth-order valence-corrected chi connectivity index (χ4v) is 2.19. The van der Waals surface area contributed by atoms with Gasteiger partial charge in [-0.2, -0.15) is 5.26 Å². The van der Waals surface area contributed by atoms with Crippen molar-refractivity contribution >= 4 is 17.6 Å². The van der Waals surface area contributed by atoms with Crippen molar-refractivity contribution < 1.29 is 19.1 Å². The number of hydrogen-bond donors (Lipinski definition) is 1. The van der Waals surface area contributed by atoms with Crippen LogP contribution in [0.15, 0.2) is 34.7 Å². The van der Waals surface area contributed by atoms with Crippen LogP contribution in [-0.2, 0) is 6.42 Å². The van der Waals surface area contributed by atoms with Gasteiger partial charge in [0.05, 0.1) is 19.1 Å². The molecule has 0 saturated carbocycles. The Morgan fingerprint density at radius 3 is 2.81 bits per heavy atom.